The van der Waals surface area contributed by atoms with Crippen LogP contribution in [0, 0.1) is 11.3 Å². The van der Waals surface area contributed by atoms with Crippen LogP contribution in [0.1, 0.15) is 39.2 Å². The van der Waals surface area contributed by atoms with Gasteiger partial charge in [-0.25, -0.2) is 4.79 Å². The van der Waals surface area contributed by atoms with Gasteiger partial charge in [0.15, 0.2) is 11.9 Å². The molecule has 2 aliphatic heterocycles. The van der Waals surface area contributed by atoms with E-state index in [4.69, 9.17) is 14.2 Å². The Bertz CT molecular complexity index is 1780. The van der Waals surface area contributed by atoms with Gasteiger partial charge in [-0.2, -0.15) is 8.42 Å². The van der Waals surface area contributed by atoms with E-state index < -0.39 is 125 Å². The Morgan fingerprint density at radius 1 is 1.02 bits per heavy atom. The van der Waals surface area contributed by atoms with E-state index in [2.05, 4.69) is 10.6 Å². The van der Waals surface area contributed by atoms with Crippen molar-refractivity contribution in [1.82, 2.24) is 10.2 Å². The van der Waals surface area contributed by atoms with Gasteiger partial charge in [0.1, 0.15) is 30.7 Å². The fourth-order valence-corrected chi connectivity index (χ4v) is 5.67. The lowest BCUT2D eigenvalue weighted by Crippen LogP contribution is -2.61. The number of aliphatic hydroxyl groups excluding tert-OH is 3. The normalized spacial score (nSPS) is 22.2. The van der Waals surface area contributed by atoms with Crippen LogP contribution in [0.3, 0.4) is 0 Å². The number of ether oxygens (including phenoxy) is 3. The predicted molar refractivity (Wildman–Crippen MR) is 182 cm³/mol. The summed E-state index contributed by atoms with van der Waals surface area (Å²) in [6.07, 6.45) is -6.17. The third kappa shape index (κ3) is 12.5. The third-order valence-electron chi connectivity index (χ3n) is 7.71. The average molecular weight is 784 g/mol. The van der Waals surface area contributed by atoms with Crippen LogP contribution in [0.15, 0.2) is 36.4 Å². The first-order chi connectivity index (χ1) is 25.1. The molecular formula is C33H41N3O17S. The van der Waals surface area contributed by atoms with Crippen molar-refractivity contribution >= 4 is 63.2 Å². The van der Waals surface area contributed by atoms with E-state index in [1.807, 2.05) is 0 Å². The van der Waals surface area contributed by atoms with Crippen LogP contribution in [-0.2, 0) is 53.2 Å². The van der Waals surface area contributed by atoms with E-state index in [1.165, 1.54) is 30.4 Å². The van der Waals surface area contributed by atoms with Gasteiger partial charge in [-0.15, -0.1) is 0 Å². The number of aliphatic hydroxyl groups is 3. The third-order valence-corrected chi connectivity index (χ3v) is 8.53. The van der Waals surface area contributed by atoms with E-state index in [1.54, 1.807) is 20.8 Å². The molecule has 54 heavy (non-hydrogen) atoms. The van der Waals surface area contributed by atoms with Gasteiger partial charge >= 0.3 is 11.9 Å². The Balaban J connectivity index is 1.73. The highest BCUT2D eigenvalue weighted by atomic mass is 32.2. The molecule has 3 rings (SSSR count). The van der Waals surface area contributed by atoms with Gasteiger partial charge < -0.3 is 45.3 Å². The largest absolute Gasteiger partial charge is 0.479 e. The monoisotopic (exact) mass is 783 g/mol. The van der Waals surface area contributed by atoms with E-state index >= 15 is 0 Å². The summed E-state index contributed by atoms with van der Waals surface area (Å²) in [5, 5.41) is 44.8. The van der Waals surface area contributed by atoms with Gasteiger partial charge in [-0.3, -0.25) is 38.2 Å². The van der Waals surface area contributed by atoms with Crippen LogP contribution in [0.5, 0.6) is 5.75 Å². The summed E-state index contributed by atoms with van der Waals surface area (Å²) in [4.78, 5) is 86.1. The molecule has 0 saturated carbocycles. The van der Waals surface area contributed by atoms with Crippen molar-refractivity contribution in [2.75, 3.05) is 30.8 Å². The number of Topliss-reactive ketones (excluding diaryl/α,β-unsaturated/α-hetero) is 1. The highest BCUT2D eigenvalue weighted by Crippen LogP contribution is 2.31. The van der Waals surface area contributed by atoms with Crippen LogP contribution < -0.4 is 15.4 Å². The minimum absolute atomic E-state index is 0.0983. The summed E-state index contributed by atoms with van der Waals surface area (Å²) < 4.78 is 48.5. The Morgan fingerprint density at radius 3 is 2.26 bits per heavy atom. The second-order valence-corrected chi connectivity index (χ2v) is 14.7. The van der Waals surface area contributed by atoms with E-state index in [9.17, 15) is 67.0 Å². The lowest BCUT2D eigenvalue weighted by molar-refractivity contribution is -0.271. The van der Waals surface area contributed by atoms with Gasteiger partial charge in [-0.1, -0.05) is 12.1 Å². The highest BCUT2D eigenvalue weighted by molar-refractivity contribution is 7.85. The minimum atomic E-state index is -4.79. The Morgan fingerprint density at radius 2 is 1.67 bits per heavy atom. The Kier molecular flexibility index (Phi) is 14.7. The molecule has 0 spiro atoms. The molecule has 1 aromatic carbocycles. The van der Waals surface area contributed by atoms with Crippen molar-refractivity contribution in [3.63, 3.8) is 0 Å². The molecule has 0 radical (unpaired) electrons. The Labute approximate surface area is 308 Å². The zero-order chi connectivity index (χ0) is 40.5. The summed E-state index contributed by atoms with van der Waals surface area (Å²) in [6, 6.07) is 4.12. The molecule has 2 aliphatic rings. The molecule has 1 fully saturated rings. The van der Waals surface area contributed by atoms with Crippen LogP contribution in [0.25, 0.3) is 6.08 Å². The topological polar surface area (TPSA) is 310 Å². The zero-order valence-electron chi connectivity index (χ0n) is 29.2. The second-order valence-electron chi connectivity index (χ2n) is 13.2. The number of hydrogen-bond donors (Lipinski definition) is 7. The molecular weight excluding hydrogens is 742 g/mol. The number of nitrogens with zero attached hydrogens (tertiary/aromatic N) is 1. The van der Waals surface area contributed by atoms with Crippen LogP contribution in [-0.4, -0.2) is 136 Å². The summed E-state index contributed by atoms with van der Waals surface area (Å²) in [7, 11) is -4.79. The van der Waals surface area contributed by atoms with Crippen molar-refractivity contribution < 1.29 is 81.2 Å². The number of carbonyl (C=O) groups is 7. The molecule has 0 aromatic heterocycles. The first-order valence-electron chi connectivity index (χ1n) is 16.2. The van der Waals surface area contributed by atoms with E-state index in [0.717, 1.165) is 12.2 Å². The summed E-state index contributed by atoms with van der Waals surface area (Å²) in [5.41, 5.74) is -0.436. The van der Waals surface area contributed by atoms with Gasteiger partial charge in [0.05, 0.1) is 29.3 Å². The molecule has 7 N–H and O–H groups in total. The molecule has 1 unspecified atom stereocenters. The molecule has 1 aromatic rings. The number of carbonyl (C=O) groups excluding carboxylic acids is 6. The molecule has 296 valence electrons. The predicted octanol–water partition coefficient (Wildman–Crippen LogP) is -1.61. The molecule has 4 amide bonds. The number of nitrogens with one attached hydrogen (secondary N) is 2. The number of amides is 4. The molecule has 6 atom stereocenters. The van der Waals surface area contributed by atoms with Crippen LogP contribution in [0.2, 0.25) is 0 Å². The number of aliphatic carboxylic acids is 1. The van der Waals surface area contributed by atoms with E-state index in [0.29, 0.717) is 10.5 Å². The minimum Gasteiger partial charge on any atom is -0.479 e. The standard InChI is InChI=1S/C33H41N3O17S/c1-33(2,3)32(47)51-12-4-5-17-6-7-21(52-31-27(43)25(41)26(42)28(53-31)30(45)46)20(13-17)35-22(38)10-11-34-29(44)18(16-54(48,49)50)14-19(37)15-36-23(39)8-9-24(36)40/h4-9,13,18,25-28,31,41-43H,10-12,14-16H2,1-3H3,(H,34,44)(H,35,38)(H,45,46)(H,48,49,50)/b5-4+/t18?,25-,26-,27+,28-,31+/m0/s1. The number of esters is 1. The summed E-state index contributed by atoms with van der Waals surface area (Å²) in [5.74, 6) is -9.44. The zero-order valence-corrected chi connectivity index (χ0v) is 30.1. The number of carboxylic acids is 1. The number of imide groups is 1. The van der Waals surface area contributed by atoms with Crippen LogP contribution >= 0.6 is 0 Å². The van der Waals surface area contributed by atoms with Crippen molar-refractivity contribution in [2.24, 2.45) is 11.3 Å². The second kappa shape index (κ2) is 18.3. The van der Waals surface area contributed by atoms with Crippen molar-refractivity contribution in [2.45, 2.75) is 64.3 Å². The lowest BCUT2D eigenvalue weighted by Gasteiger charge is -2.38. The lowest BCUT2D eigenvalue weighted by atomic mass is 9.97. The summed E-state index contributed by atoms with van der Waals surface area (Å²) >= 11 is 0. The fraction of sp³-hybridized carbons (Fsp3) is 0.485. The van der Waals surface area contributed by atoms with Gasteiger partial charge in [0.2, 0.25) is 18.1 Å². The molecule has 1 saturated heterocycles. The molecule has 0 aliphatic carbocycles. The molecule has 0 bridgehead atoms. The number of hydrogen-bond acceptors (Lipinski definition) is 15. The molecule has 2 heterocycles. The number of ketones is 1. The van der Waals surface area contributed by atoms with E-state index in [-0.39, 0.29) is 18.0 Å². The number of anilines is 1. The smallest absolute Gasteiger partial charge is 0.335 e. The van der Waals surface area contributed by atoms with Crippen molar-refractivity contribution in [3.8, 4) is 5.75 Å². The Hall–Kier alpha value is -5.06. The number of rotatable bonds is 17. The average Bonchev–Trinajstić information content (AvgIpc) is 3.38. The first kappa shape index (κ1) is 43.3. The highest BCUT2D eigenvalue weighted by Gasteiger charge is 2.48. The van der Waals surface area contributed by atoms with Crippen molar-refractivity contribution in [1.29, 1.82) is 0 Å². The molecule has 21 heteroatoms. The van der Waals surface area contributed by atoms with Crippen LogP contribution in [0.4, 0.5) is 5.69 Å². The SMILES string of the molecule is CC(C)(C)C(=O)OC/C=C/c1ccc(O[C@@H]2O[C@H](C(=O)O)[C@@H](O)[C@H](O)[C@H]2O)c(NC(=O)CCNC(=O)C(CC(=O)CN2C(=O)C=CC2=O)CS(=O)(=O)O)c1. The van der Waals surface area contributed by atoms with Gasteiger partial charge in [0, 0.05) is 31.5 Å². The number of carboxylic acid groups (broad SMARTS) is 1. The summed E-state index contributed by atoms with van der Waals surface area (Å²) in [6.45, 7) is 3.73. The molecule has 20 nitrogen and oxygen atoms in total. The van der Waals surface area contributed by atoms with Gasteiger partial charge in [0.25, 0.3) is 21.9 Å². The quantitative estimate of drug-likeness (QED) is 0.0531. The van der Waals surface area contributed by atoms with Gasteiger partial charge in [-0.05, 0) is 44.5 Å². The first-order valence-corrected chi connectivity index (χ1v) is 17.8. The number of benzene rings is 1. The van der Waals surface area contributed by atoms with Crippen molar-refractivity contribution in [3.05, 3.63) is 42.0 Å². The maximum atomic E-state index is 13.0. The maximum absolute atomic E-state index is 13.0. The fourth-order valence-electron chi connectivity index (χ4n) is 4.89. The maximum Gasteiger partial charge on any atom is 0.335 e.